The molecular weight excluding hydrogens is 364 g/mol. The number of benzene rings is 2. The van der Waals surface area contributed by atoms with Crippen molar-refractivity contribution in [2.45, 2.75) is 57.5 Å². The Kier molecular flexibility index (Phi) is 4.43. The first kappa shape index (κ1) is 18.7. The van der Waals surface area contributed by atoms with Crippen LogP contribution in [-0.4, -0.2) is 22.3 Å². The molecule has 3 aliphatic rings. The van der Waals surface area contributed by atoms with Crippen LogP contribution >= 0.6 is 0 Å². The number of phenols is 1. The molecule has 2 aromatic rings. The molecule has 4 nitrogen and oxygen atoms in total. The first-order valence-corrected chi connectivity index (χ1v) is 10.8. The quantitative estimate of drug-likeness (QED) is 0.568. The van der Waals surface area contributed by atoms with Crippen LogP contribution < -0.4 is 4.74 Å². The Labute approximate surface area is 171 Å². The van der Waals surface area contributed by atoms with Crippen molar-refractivity contribution in [2.24, 2.45) is 17.3 Å². The number of aliphatic hydroxyl groups is 1. The minimum Gasteiger partial charge on any atom is -0.504 e. The molecular formula is C25H28O4. The first-order valence-electron chi connectivity index (χ1n) is 10.8. The summed E-state index contributed by atoms with van der Waals surface area (Å²) in [6, 6.07) is 12.6. The smallest absolute Gasteiger partial charge is 0.343 e. The number of carbonyl (C=O) groups excluding carboxylic acids is 1. The second-order valence-corrected chi connectivity index (χ2v) is 9.29. The summed E-state index contributed by atoms with van der Waals surface area (Å²) in [5.41, 5.74) is 2.66. The highest BCUT2D eigenvalue weighted by Crippen LogP contribution is 2.61. The molecule has 2 fully saturated rings. The van der Waals surface area contributed by atoms with Gasteiger partial charge in [0.1, 0.15) is 0 Å². The summed E-state index contributed by atoms with van der Waals surface area (Å²) in [5, 5.41) is 21.4. The Bertz CT molecular complexity index is 937. The van der Waals surface area contributed by atoms with Crippen LogP contribution in [0.5, 0.6) is 11.5 Å². The van der Waals surface area contributed by atoms with Crippen molar-refractivity contribution < 1.29 is 19.7 Å². The van der Waals surface area contributed by atoms with E-state index in [0.717, 1.165) is 44.1 Å². The van der Waals surface area contributed by atoms with Gasteiger partial charge in [-0.05, 0) is 85.5 Å². The van der Waals surface area contributed by atoms with Crippen molar-refractivity contribution in [3.63, 3.8) is 0 Å². The summed E-state index contributed by atoms with van der Waals surface area (Å²) < 4.78 is 5.51. The Morgan fingerprint density at radius 1 is 1.07 bits per heavy atom. The van der Waals surface area contributed by atoms with Gasteiger partial charge in [-0.25, -0.2) is 4.79 Å². The van der Waals surface area contributed by atoms with E-state index in [2.05, 4.69) is 6.92 Å². The normalized spacial score (nSPS) is 32.8. The fourth-order valence-electron chi connectivity index (χ4n) is 6.42. The molecule has 4 heteroatoms. The third kappa shape index (κ3) is 2.88. The van der Waals surface area contributed by atoms with Crippen molar-refractivity contribution in [3.05, 3.63) is 59.2 Å². The highest BCUT2D eigenvalue weighted by atomic mass is 16.5. The summed E-state index contributed by atoms with van der Waals surface area (Å²) in [7, 11) is 0. The Morgan fingerprint density at radius 3 is 2.66 bits per heavy atom. The molecule has 0 spiro atoms. The summed E-state index contributed by atoms with van der Waals surface area (Å²) >= 11 is 0. The molecule has 5 rings (SSSR count). The molecule has 5 atom stereocenters. The van der Waals surface area contributed by atoms with E-state index in [1.807, 2.05) is 12.1 Å². The summed E-state index contributed by atoms with van der Waals surface area (Å²) in [5.74, 6) is 1.45. The Hall–Kier alpha value is -2.33. The predicted molar refractivity (Wildman–Crippen MR) is 110 cm³/mol. The lowest BCUT2D eigenvalue weighted by Crippen LogP contribution is -2.43. The highest BCUT2D eigenvalue weighted by Gasteiger charge is 2.54. The molecule has 0 aliphatic heterocycles. The Balaban J connectivity index is 1.42. The molecule has 0 unspecified atom stereocenters. The van der Waals surface area contributed by atoms with E-state index >= 15 is 0 Å². The maximum Gasteiger partial charge on any atom is 0.343 e. The molecule has 0 aromatic heterocycles. The van der Waals surface area contributed by atoms with Gasteiger partial charge in [-0.2, -0.15) is 0 Å². The minimum atomic E-state index is -0.456. The lowest BCUT2D eigenvalue weighted by Gasteiger charge is -2.50. The maximum absolute atomic E-state index is 12.4. The largest absolute Gasteiger partial charge is 0.504 e. The maximum atomic E-state index is 12.4. The zero-order valence-electron chi connectivity index (χ0n) is 16.8. The number of fused-ring (bicyclic) bond motifs is 5. The lowest BCUT2D eigenvalue weighted by molar-refractivity contribution is -0.0227. The van der Waals surface area contributed by atoms with Crippen LogP contribution in [-0.2, 0) is 6.42 Å². The van der Waals surface area contributed by atoms with Crippen LogP contribution in [0.3, 0.4) is 0 Å². The van der Waals surface area contributed by atoms with Gasteiger partial charge in [0.25, 0.3) is 0 Å². The average molecular weight is 392 g/mol. The van der Waals surface area contributed by atoms with Crippen molar-refractivity contribution >= 4 is 5.97 Å². The molecule has 2 saturated carbocycles. The van der Waals surface area contributed by atoms with E-state index in [4.69, 9.17) is 4.74 Å². The van der Waals surface area contributed by atoms with Crippen molar-refractivity contribution in [2.75, 3.05) is 0 Å². The molecule has 0 heterocycles. The number of esters is 1. The van der Waals surface area contributed by atoms with Gasteiger partial charge in [0.05, 0.1) is 11.7 Å². The standard InChI is InChI=1S/C25H28O4/c1-25-14-13-17-16-9-11-21(29-24(28)15-5-3-2-4-6-15)23(27)19(16)8-7-18(17)20(25)10-12-22(25)26/h2-6,9,11,17-18,20,22,26-27H,7-8,10,12-14H2,1H3/t17-,18-,20+,22+,25+/m1/s1. The van der Waals surface area contributed by atoms with Crippen molar-refractivity contribution in [1.29, 1.82) is 0 Å². The number of aliphatic hydroxyl groups excluding tert-OH is 1. The number of ether oxygens (including phenoxy) is 1. The Morgan fingerprint density at radius 2 is 1.86 bits per heavy atom. The number of hydrogen-bond donors (Lipinski definition) is 2. The molecule has 2 N–H and O–H groups in total. The van der Waals surface area contributed by atoms with Gasteiger partial charge in [0.15, 0.2) is 11.5 Å². The molecule has 0 saturated heterocycles. The zero-order chi connectivity index (χ0) is 20.2. The fourth-order valence-corrected chi connectivity index (χ4v) is 6.42. The van der Waals surface area contributed by atoms with E-state index in [-0.39, 0.29) is 23.0 Å². The molecule has 2 aromatic carbocycles. The zero-order valence-corrected chi connectivity index (χ0v) is 16.8. The SMILES string of the molecule is C[C@]12CC[C@@H]3c4ccc(OC(=O)c5ccccc5)c(O)c4CC[C@H]3[C@@H]1CC[C@@H]2O. The van der Waals surface area contributed by atoms with Crippen LogP contribution in [0, 0.1) is 17.3 Å². The third-order valence-corrected chi connectivity index (χ3v) is 8.01. The summed E-state index contributed by atoms with van der Waals surface area (Å²) in [4.78, 5) is 12.4. The molecule has 29 heavy (non-hydrogen) atoms. The number of phenolic OH excluding ortho intramolecular Hbond substituents is 1. The minimum absolute atomic E-state index is 0.0475. The summed E-state index contributed by atoms with van der Waals surface area (Å²) in [6.45, 7) is 2.27. The number of carbonyl (C=O) groups is 1. The van der Waals surface area contributed by atoms with Crippen LogP contribution in [0.1, 0.15) is 66.4 Å². The van der Waals surface area contributed by atoms with E-state index in [1.54, 1.807) is 30.3 Å². The topological polar surface area (TPSA) is 66.8 Å². The van der Waals surface area contributed by atoms with Gasteiger partial charge >= 0.3 is 5.97 Å². The van der Waals surface area contributed by atoms with Gasteiger partial charge in [0.2, 0.25) is 0 Å². The van der Waals surface area contributed by atoms with Crippen LogP contribution in [0.2, 0.25) is 0 Å². The summed E-state index contributed by atoms with van der Waals surface area (Å²) in [6.07, 6.45) is 5.73. The second-order valence-electron chi connectivity index (χ2n) is 9.29. The van der Waals surface area contributed by atoms with Crippen LogP contribution in [0.15, 0.2) is 42.5 Å². The van der Waals surface area contributed by atoms with Crippen LogP contribution in [0.25, 0.3) is 0 Å². The van der Waals surface area contributed by atoms with E-state index < -0.39 is 5.97 Å². The van der Waals surface area contributed by atoms with Gasteiger partial charge in [-0.15, -0.1) is 0 Å². The fraction of sp³-hybridized carbons (Fsp3) is 0.480. The molecule has 0 bridgehead atoms. The molecule has 0 amide bonds. The van der Waals surface area contributed by atoms with Gasteiger partial charge in [-0.3, -0.25) is 0 Å². The highest BCUT2D eigenvalue weighted by molar-refractivity contribution is 5.91. The number of rotatable bonds is 2. The van der Waals surface area contributed by atoms with Crippen molar-refractivity contribution in [3.8, 4) is 11.5 Å². The first-order chi connectivity index (χ1) is 14.0. The molecule has 3 aliphatic carbocycles. The van der Waals surface area contributed by atoms with Crippen LogP contribution in [0.4, 0.5) is 0 Å². The predicted octanol–water partition coefficient (Wildman–Crippen LogP) is 4.83. The number of aromatic hydroxyl groups is 1. The van der Waals surface area contributed by atoms with E-state index in [1.165, 1.54) is 5.56 Å². The van der Waals surface area contributed by atoms with E-state index in [9.17, 15) is 15.0 Å². The third-order valence-electron chi connectivity index (χ3n) is 8.01. The van der Waals surface area contributed by atoms with Crippen molar-refractivity contribution in [1.82, 2.24) is 0 Å². The molecule has 0 radical (unpaired) electrons. The molecule has 152 valence electrons. The van der Waals surface area contributed by atoms with E-state index in [0.29, 0.717) is 23.3 Å². The number of hydrogen-bond acceptors (Lipinski definition) is 4. The average Bonchev–Trinajstić information content (AvgIpc) is 3.05. The monoisotopic (exact) mass is 392 g/mol. The van der Waals surface area contributed by atoms with Gasteiger partial charge in [-0.1, -0.05) is 31.2 Å². The van der Waals surface area contributed by atoms with Gasteiger partial charge < -0.3 is 14.9 Å². The second kappa shape index (κ2) is 6.88. The lowest BCUT2D eigenvalue weighted by atomic mass is 9.55. The van der Waals surface area contributed by atoms with Gasteiger partial charge in [0, 0.05) is 5.56 Å².